The number of benzene rings is 1. The molecule has 5 rings (SSSR count). The van der Waals surface area contributed by atoms with Crippen LogP contribution in [-0.2, 0) is 22.6 Å². The van der Waals surface area contributed by atoms with E-state index in [-0.39, 0.29) is 11.7 Å². The minimum atomic E-state index is -0.283. The number of morpholine rings is 1. The molecule has 0 saturated carbocycles. The molecule has 4 heterocycles. The molecule has 0 aliphatic carbocycles. The first kappa shape index (κ1) is 21.5. The fraction of sp³-hybridized carbons (Fsp3) is 0.320. The Balaban J connectivity index is 1.40. The molecule has 7 nitrogen and oxygen atoms in total. The maximum Gasteiger partial charge on any atom is 0.246 e. The van der Waals surface area contributed by atoms with E-state index in [0.717, 1.165) is 60.9 Å². The van der Waals surface area contributed by atoms with Gasteiger partial charge in [0.25, 0.3) is 0 Å². The highest BCUT2D eigenvalue weighted by atomic mass is 19.1. The maximum atomic E-state index is 13.5. The van der Waals surface area contributed by atoms with Crippen LogP contribution in [0.2, 0.25) is 0 Å². The van der Waals surface area contributed by atoms with Crippen molar-refractivity contribution in [3.05, 3.63) is 72.5 Å². The number of nitrogens with zero attached hydrogens (tertiary/aromatic N) is 5. The van der Waals surface area contributed by atoms with Gasteiger partial charge in [-0.2, -0.15) is 5.10 Å². The second-order valence-electron chi connectivity index (χ2n) is 8.21. The largest absolute Gasteiger partial charge is 0.379 e. The molecular formula is C25H26FN5O2. The van der Waals surface area contributed by atoms with Crippen LogP contribution in [0, 0.1) is 5.82 Å². The second kappa shape index (κ2) is 9.64. The summed E-state index contributed by atoms with van der Waals surface area (Å²) in [5, 5.41) is 4.84. The van der Waals surface area contributed by atoms with Gasteiger partial charge in [0.2, 0.25) is 5.91 Å². The molecule has 1 amide bonds. The Morgan fingerprint density at radius 3 is 2.52 bits per heavy atom. The number of aromatic nitrogens is 3. The van der Waals surface area contributed by atoms with Crippen molar-refractivity contribution in [2.45, 2.75) is 13.1 Å². The first-order chi connectivity index (χ1) is 16.2. The smallest absolute Gasteiger partial charge is 0.246 e. The van der Waals surface area contributed by atoms with Gasteiger partial charge in [0.05, 0.1) is 32.0 Å². The van der Waals surface area contributed by atoms with Gasteiger partial charge in [-0.25, -0.2) is 4.39 Å². The zero-order valence-corrected chi connectivity index (χ0v) is 18.4. The van der Waals surface area contributed by atoms with Crippen LogP contribution in [-0.4, -0.2) is 69.9 Å². The van der Waals surface area contributed by atoms with Crippen LogP contribution in [0.25, 0.3) is 22.4 Å². The summed E-state index contributed by atoms with van der Waals surface area (Å²) < 4.78 is 20.9. The first-order valence-corrected chi connectivity index (χ1v) is 11.2. The Morgan fingerprint density at radius 1 is 1.00 bits per heavy atom. The normalized spacial score (nSPS) is 16.8. The molecule has 0 radical (unpaired) electrons. The summed E-state index contributed by atoms with van der Waals surface area (Å²) in [6.45, 7) is 5.68. The highest BCUT2D eigenvalue weighted by Crippen LogP contribution is 2.36. The quantitative estimate of drug-likeness (QED) is 0.563. The molecule has 33 heavy (non-hydrogen) atoms. The molecule has 2 aliphatic heterocycles. The minimum Gasteiger partial charge on any atom is -0.379 e. The Labute approximate surface area is 192 Å². The third kappa shape index (κ3) is 4.72. The van der Waals surface area contributed by atoms with Gasteiger partial charge in [0, 0.05) is 55.8 Å². The van der Waals surface area contributed by atoms with Crippen molar-refractivity contribution < 1.29 is 13.9 Å². The van der Waals surface area contributed by atoms with Crippen molar-refractivity contribution in [2.24, 2.45) is 0 Å². The standard InChI is InChI=1S/C25H26FN5O2/c26-21-5-3-20(4-6-21)25-24(19-7-9-27-10-8-19)22-18-30(12-13-31(22)28-25)23(32)2-1-11-29-14-16-33-17-15-29/h1-10H,11-18H2/b2-1+. The Morgan fingerprint density at radius 2 is 1.76 bits per heavy atom. The molecule has 0 atom stereocenters. The van der Waals surface area contributed by atoms with E-state index >= 15 is 0 Å². The molecule has 1 fully saturated rings. The van der Waals surface area contributed by atoms with E-state index in [0.29, 0.717) is 19.6 Å². The van der Waals surface area contributed by atoms with Crippen molar-refractivity contribution >= 4 is 5.91 Å². The molecule has 0 N–H and O–H groups in total. The Bertz CT molecular complexity index is 1140. The lowest BCUT2D eigenvalue weighted by molar-refractivity contribution is -0.127. The number of hydrogen-bond donors (Lipinski definition) is 0. The predicted octanol–water partition coefficient (Wildman–Crippen LogP) is 2.98. The van der Waals surface area contributed by atoms with Crippen molar-refractivity contribution in [3.8, 4) is 22.4 Å². The number of carbonyl (C=O) groups excluding carboxylic acids is 1. The van der Waals surface area contributed by atoms with Crippen molar-refractivity contribution in [1.29, 1.82) is 0 Å². The molecule has 0 unspecified atom stereocenters. The molecule has 3 aromatic rings. The highest BCUT2D eigenvalue weighted by molar-refractivity contribution is 5.88. The summed E-state index contributed by atoms with van der Waals surface area (Å²) in [6, 6.07) is 10.2. The lowest BCUT2D eigenvalue weighted by Crippen LogP contribution is -2.38. The van der Waals surface area contributed by atoms with Gasteiger partial charge >= 0.3 is 0 Å². The van der Waals surface area contributed by atoms with E-state index in [2.05, 4.69) is 9.88 Å². The molecular weight excluding hydrogens is 421 g/mol. The van der Waals surface area contributed by atoms with Crippen LogP contribution >= 0.6 is 0 Å². The Kier molecular flexibility index (Phi) is 6.28. The van der Waals surface area contributed by atoms with Crippen molar-refractivity contribution in [2.75, 3.05) is 39.4 Å². The molecule has 8 heteroatoms. The summed E-state index contributed by atoms with van der Waals surface area (Å²) in [5.74, 6) is -0.284. The predicted molar refractivity (Wildman–Crippen MR) is 123 cm³/mol. The van der Waals surface area contributed by atoms with Crippen LogP contribution in [0.15, 0.2) is 60.9 Å². The highest BCUT2D eigenvalue weighted by Gasteiger charge is 2.27. The summed E-state index contributed by atoms with van der Waals surface area (Å²) in [4.78, 5) is 21.2. The summed E-state index contributed by atoms with van der Waals surface area (Å²) >= 11 is 0. The lowest BCUT2D eigenvalue weighted by Gasteiger charge is -2.28. The van der Waals surface area contributed by atoms with E-state index in [1.807, 2.05) is 27.8 Å². The number of carbonyl (C=O) groups is 1. The van der Waals surface area contributed by atoms with Crippen LogP contribution in [0.3, 0.4) is 0 Å². The third-order valence-electron chi connectivity index (χ3n) is 6.11. The van der Waals surface area contributed by atoms with E-state index < -0.39 is 0 Å². The van der Waals surface area contributed by atoms with Crippen LogP contribution < -0.4 is 0 Å². The number of amides is 1. The lowest BCUT2D eigenvalue weighted by atomic mass is 9.99. The fourth-order valence-electron chi connectivity index (χ4n) is 4.33. The van der Waals surface area contributed by atoms with Crippen LogP contribution in [0.4, 0.5) is 4.39 Å². The van der Waals surface area contributed by atoms with Gasteiger partial charge in [0.1, 0.15) is 11.5 Å². The van der Waals surface area contributed by atoms with Crippen molar-refractivity contribution in [3.63, 3.8) is 0 Å². The summed E-state index contributed by atoms with van der Waals surface area (Å²) in [5.41, 5.74) is 4.53. The number of ether oxygens (including phenoxy) is 1. The van der Waals surface area contributed by atoms with Gasteiger partial charge in [0.15, 0.2) is 0 Å². The number of pyridine rings is 1. The zero-order valence-electron chi connectivity index (χ0n) is 18.4. The molecule has 170 valence electrons. The van der Waals surface area contributed by atoms with E-state index in [1.54, 1.807) is 30.6 Å². The van der Waals surface area contributed by atoms with Crippen molar-refractivity contribution in [1.82, 2.24) is 24.6 Å². The van der Waals surface area contributed by atoms with E-state index in [9.17, 15) is 9.18 Å². The molecule has 1 saturated heterocycles. The zero-order chi connectivity index (χ0) is 22.6. The monoisotopic (exact) mass is 447 g/mol. The summed E-state index contributed by atoms with van der Waals surface area (Å²) in [6.07, 6.45) is 7.10. The minimum absolute atomic E-state index is 0.000259. The molecule has 1 aromatic carbocycles. The van der Waals surface area contributed by atoms with Crippen LogP contribution in [0.1, 0.15) is 5.69 Å². The van der Waals surface area contributed by atoms with Gasteiger partial charge < -0.3 is 9.64 Å². The molecule has 0 spiro atoms. The SMILES string of the molecule is O=C(/C=C/CN1CCOCC1)N1CCn2nc(-c3ccc(F)cc3)c(-c3ccncc3)c2C1. The summed E-state index contributed by atoms with van der Waals surface area (Å²) in [7, 11) is 0. The average Bonchev–Trinajstić information content (AvgIpc) is 3.24. The maximum absolute atomic E-state index is 13.5. The first-order valence-electron chi connectivity index (χ1n) is 11.2. The number of halogens is 1. The average molecular weight is 448 g/mol. The Hall–Kier alpha value is -3.36. The number of rotatable bonds is 5. The van der Waals surface area contributed by atoms with Gasteiger partial charge in [-0.3, -0.25) is 19.4 Å². The fourth-order valence-corrected chi connectivity index (χ4v) is 4.33. The molecule has 0 bridgehead atoms. The van der Waals surface area contributed by atoms with Gasteiger partial charge in [-0.1, -0.05) is 6.08 Å². The van der Waals surface area contributed by atoms with Crippen LogP contribution in [0.5, 0.6) is 0 Å². The number of fused-ring (bicyclic) bond motifs is 1. The van der Waals surface area contributed by atoms with E-state index in [4.69, 9.17) is 9.84 Å². The van der Waals surface area contributed by atoms with Gasteiger partial charge in [-0.05, 0) is 42.0 Å². The number of hydrogen-bond acceptors (Lipinski definition) is 5. The molecule has 2 aromatic heterocycles. The topological polar surface area (TPSA) is 63.5 Å². The van der Waals surface area contributed by atoms with Gasteiger partial charge in [-0.15, -0.1) is 0 Å². The third-order valence-corrected chi connectivity index (χ3v) is 6.11. The molecule has 2 aliphatic rings. The van der Waals surface area contributed by atoms with E-state index in [1.165, 1.54) is 12.1 Å². The second-order valence-corrected chi connectivity index (χ2v) is 8.21.